The van der Waals surface area contributed by atoms with E-state index in [9.17, 15) is 4.79 Å². The lowest BCUT2D eigenvalue weighted by Crippen LogP contribution is -2.39. The number of carbonyl (C=O) groups excluding carboxylic acids is 1. The van der Waals surface area contributed by atoms with Gasteiger partial charge in [0.15, 0.2) is 0 Å². The molecule has 11 heavy (non-hydrogen) atoms. The summed E-state index contributed by atoms with van der Waals surface area (Å²) in [5, 5.41) is 0. The minimum atomic E-state index is 0.123. The number of carbonyl (C=O) groups is 1. The van der Waals surface area contributed by atoms with E-state index in [4.69, 9.17) is 0 Å². The molecule has 0 unspecified atom stereocenters. The lowest BCUT2D eigenvalue weighted by atomic mass is 10.6. The van der Waals surface area contributed by atoms with Crippen LogP contribution in [0.5, 0.6) is 0 Å². The van der Waals surface area contributed by atoms with E-state index < -0.39 is 0 Å². The molecule has 0 aromatic heterocycles. The zero-order valence-corrected chi connectivity index (χ0v) is 7.08. The van der Waals surface area contributed by atoms with Crippen LogP contribution in [0.3, 0.4) is 0 Å². The van der Waals surface area contributed by atoms with Crippen LogP contribution in [0.25, 0.3) is 0 Å². The molecule has 0 aliphatic carbocycles. The topological polar surface area (TPSA) is 23.6 Å². The van der Waals surface area contributed by atoms with Gasteiger partial charge < -0.3 is 9.80 Å². The maximum atomic E-state index is 11.4. The Morgan fingerprint density at radius 3 is 2.55 bits per heavy atom. The van der Waals surface area contributed by atoms with Crippen molar-refractivity contribution in [3.8, 4) is 0 Å². The van der Waals surface area contributed by atoms with E-state index in [1.807, 2.05) is 31.0 Å². The van der Waals surface area contributed by atoms with Gasteiger partial charge in [0.25, 0.3) is 0 Å². The van der Waals surface area contributed by atoms with E-state index in [-0.39, 0.29) is 6.03 Å². The summed E-state index contributed by atoms with van der Waals surface area (Å²) in [6.45, 7) is 4.28. The molecule has 0 bridgehead atoms. The Bertz CT molecular complexity index is 169. The molecule has 1 heterocycles. The van der Waals surface area contributed by atoms with Gasteiger partial charge in [0, 0.05) is 26.7 Å². The Morgan fingerprint density at radius 1 is 1.55 bits per heavy atom. The van der Waals surface area contributed by atoms with E-state index in [1.54, 1.807) is 4.90 Å². The smallest absolute Gasteiger partial charge is 0.320 e. The molecule has 0 aromatic carbocycles. The third kappa shape index (κ3) is 1.73. The van der Waals surface area contributed by atoms with Crippen molar-refractivity contribution in [2.24, 2.45) is 0 Å². The highest BCUT2D eigenvalue weighted by atomic mass is 16.2. The first-order chi connectivity index (χ1) is 5.25. The van der Waals surface area contributed by atoms with Gasteiger partial charge in [-0.15, -0.1) is 0 Å². The average molecular weight is 154 g/mol. The van der Waals surface area contributed by atoms with Crippen LogP contribution in [0.4, 0.5) is 4.79 Å². The van der Waals surface area contributed by atoms with Crippen LogP contribution in [0.1, 0.15) is 6.92 Å². The van der Waals surface area contributed by atoms with Crippen molar-refractivity contribution in [2.75, 3.05) is 26.7 Å². The molecule has 1 aliphatic rings. The molecule has 0 N–H and O–H groups in total. The summed E-state index contributed by atoms with van der Waals surface area (Å²) in [5.74, 6) is 0. The summed E-state index contributed by atoms with van der Waals surface area (Å²) in [5.41, 5.74) is 0. The molecule has 0 spiro atoms. The second kappa shape index (κ2) is 3.42. The summed E-state index contributed by atoms with van der Waals surface area (Å²) >= 11 is 0. The lowest BCUT2D eigenvalue weighted by molar-refractivity contribution is 0.177. The van der Waals surface area contributed by atoms with E-state index in [2.05, 4.69) is 0 Å². The molecule has 62 valence electrons. The first kappa shape index (κ1) is 8.11. The number of hydrogen-bond acceptors (Lipinski definition) is 1. The second-order valence-electron chi connectivity index (χ2n) is 2.67. The van der Waals surface area contributed by atoms with Crippen molar-refractivity contribution in [1.82, 2.24) is 9.80 Å². The molecule has 3 heteroatoms. The fourth-order valence-corrected chi connectivity index (χ4v) is 1.01. The Labute approximate surface area is 67.3 Å². The fourth-order valence-electron chi connectivity index (χ4n) is 1.01. The number of hydrogen-bond donors (Lipinski definition) is 0. The SMILES string of the molecule is CCN(C)C(=O)N1CC=CC1. The van der Waals surface area contributed by atoms with Crippen LogP contribution in [-0.2, 0) is 0 Å². The first-order valence-corrected chi connectivity index (χ1v) is 3.90. The Hall–Kier alpha value is -0.990. The van der Waals surface area contributed by atoms with Gasteiger partial charge in [-0.3, -0.25) is 0 Å². The molecule has 1 rings (SSSR count). The Morgan fingerprint density at radius 2 is 2.09 bits per heavy atom. The molecule has 0 saturated carbocycles. The van der Waals surface area contributed by atoms with E-state index in [1.165, 1.54) is 0 Å². The highest BCUT2D eigenvalue weighted by Crippen LogP contribution is 2.02. The summed E-state index contributed by atoms with van der Waals surface area (Å²) in [4.78, 5) is 14.9. The van der Waals surface area contributed by atoms with Crippen molar-refractivity contribution < 1.29 is 4.79 Å². The molecule has 0 fully saturated rings. The summed E-state index contributed by atoms with van der Waals surface area (Å²) in [6.07, 6.45) is 4.03. The predicted octanol–water partition coefficient (Wildman–Crippen LogP) is 0.930. The van der Waals surface area contributed by atoms with Gasteiger partial charge in [-0.1, -0.05) is 12.2 Å². The fraction of sp³-hybridized carbons (Fsp3) is 0.625. The quantitative estimate of drug-likeness (QED) is 0.515. The standard InChI is InChI=1S/C8H14N2O/c1-3-9(2)8(11)10-6-4-5-7-10/h4-5H,3,6-7H2,1-2H3. The van der Waals surface area contributed by atoms with Crippen LogP contribution in [0.15, 0.2) is 12.2 Å². The van der Waals surface area contributed by atoms with Crippen LogP contribution in [0, 0.1) is 0 Å². The molecule has 3 nitrogen and oxygen atoms in total. The average Bonchev–Trinajstić information content (AvgIpc) is 2.53. The molecule has 0 aromatic rings. The van der Waals surface area contributed by atoms with Gasteiger partial charge in [-0.2, -0.15) is 0 Å². The lowest BCUT2D eigenvalue weighted by Gasteiger charge is -2.22. The third-order valence-electron chi connectivity index (χ3n) is 1.89. The third-order valence-corrected chi connectivity index (χ3v) is 1.89. The summed E-state index contributed by atoms with van der Waals surface area (Å²) in [6, 6.07) is 0.123. The van der Waals surface area contributed by atoms with Gasteiger partial charge >= 0.3 is 6.03 Å². The van der Waals surface area contributed by atoms with Crippen molar-refractivity contribution in [1.29, 1.82) is 0 Å². The Kier molecular flexibility index (Phi) is 2.52. The summed E-state index contributed by atoms with van der Waals surface area (Å²) in [7, 11) is 1.82. The number of rotatable bonds is 1. The van der Waals surface area contributed by atoms with Crippen molar-refractivity contribution >= 4 is 6.03 Å². The van der Waals surface area contributed by atoms with Crippen molar-refractivity contribution in [3.05, 3.63) is 12.2 Å². The zero-order valence-electron chi connectivity index (χ0n) is 7.08. The monoisotopic (exact) mass is 154 g/mol. The van der Waals surface area contributed by atoms with Gasteiger partial charge in [-0.25, -0.2) is 4.79 Å². The summed E-state index contributed by atoms with van der Waals surface area (Å²) < 4.78 is 0. The maximum Gasteiger partial charge on any atom is 0.320 e. The molecule has 2 amide bonds. The minimum Gasteiger partial charge on any atom is -0.328 e. The predicted molar refractivity (Wildman–Crippen MR) is 44.4 cm³/mol. The van der Waals surface area contributed by atoms with Crippen LogP contribution < -0.4 is 0 Å². The second-order valence-corrected chi connectivity index (χ2v) is 2.67. The zero-order chi connectivity index (χ0) is 8.27. The number of amides is 2. The number of urea groups is 1. The normalized spacial score (nSPS) is 15.6. The van der Waals surface area contributed by atoms with E-state index in [0.717, 1.165) is 19.6 Å². The molecule has 1 aliphatic heterocycles. The van der Waals surface area contributed by atoms with Crippen LogP contribution in [0.2, 0.25) is 0 Å². The molecule has 0 saturated heterocycles. The van der Waals surface area contributed by atoms with E-state index >= 15 is 0 Å². The largest absolute Gasteiger partial charge is 0.328 e. The molecule has 0 atom stereocenters. The molecular weight excluding hydrogens is 140 g/mol. The maximum absolute atomic E-state index is 11.4. The Balaban J connectivity index is 2.41. The van der Waals surface area contributed by atoms with Crippen LogP contribution >= 0.6 is 0 Å². The molecular formula is C8H14N2O. The van der Waals surface area contributed by atoms with Crippen LogP contribution in [-0.4, -0.2) is 42.5 Å². The van der Waals surface area contributed by atoms with Crippen molar-refractivity contribution in [3.63, 3.8) is 0 Å². The minimum absolute atomic E-state index is 0.123. The van der Waals surface area contributed by atoms with E-state index in [0.29, 0.717) is 0 Å². The highest BCUT2D eigenvalue weighted by molar-refractivity contribution is 5.74. The first-order valence-electron chi connectivity index (χ1n) is 3.90. The van der Waals surface area contributed by atoms with Gasteiger partial charge in [-0.05, 0) is 6.92 Å². The highest BCUT2D eigenvalue weighted by Gasteiger charge is 2.16. The van der Waals surface area contributed by atoms with Crippen molar-refractivity contribution in [2.45, 2.75) is 6.92 Å². The van der Waals surface area contributed by atoms with Gasteiger partial charge in [0.2, 0.25) is 0 Å². The molecule has 0 radical (unpaired) electrons. The van der Waals surface area contributed by atoms with Gasteiger partial charge in [0.1, 0.15) is 0 Å². The number of nitrogens with zero attached hydrogens (tertiary/aromatic N) is 2. The van der Waals surface area contributed by atoms with Gasteiger partial charge in [0.05, 0.1) is 0 Å².